The first-order valence-electron chi connectivity index (χ1n) is 5.51. The van der Waals surface area contributed by atoms with Gasteiger partial charge < -0.3 is 10.1 Å². The van der Waals surface area contributed by atoms with Gasteiger partial charge in [0.15, 0.2) is 0 Å². The van der Waals surface area contributed by atoms with Crippen LogP contribution in [0, 0.1) is 11.6 Å². The van der Waals surface area contributed by atoms with Crippen molar-refractivity contribution in [2.45, 2.75) is 6.54 Å². The number of methoxy groups -OCH3 is 1. The predicted octanol–water partition coefficient (Wildman–Crippen LogP) is 3.59. The molecule has 0 atom stereocenters. The molecule has 0 unspecified atom stereocenters. The fraction of sp³-hybridized carbons (Fsp3) is 0.143. The lowest BCUT2D eigenvalue weighted by molar-refractivity contribution is 0.409. The SMILES string of the molecule is COc1ccc(F)cc1CNc1cccc(F)c1. The Morgan fingerprint density at radius 1 is 1.06 bits per heavy atom. The minimum Gasteiger partial charge on any atom is -0.496 e. The van der Waals surface area contributed by atoms with Crippen LogP contribution in [0.2, 0.25) is 0 Å². The molecule has 0 aliphatic carbocycles. The summed E-state index contributed by atoms with van der Waals surface area (Å²) in [6, 6.07) is 10.4. The van der Waals surface area contributed by atoms with Crippen molar-refractivity contribution >= 4 is 5.69 Å². The molecule has 2 aromatic carbocycles. The molecule has 0 saturated heterocycles. The van der Waals surface area contributed by atoms with E-state index in [2.05, 4.69) is 5.32 Å². The molecule has 0 saturated carbocycles. The number of rotatable bonds is 4. The number of hydrogen-bond donors (Lipinski definition) is 1. The molecule has 1 N–H and O–H groups in total. The summed E-state index contributed by atoms with van der Waals surface area (Å²) in [5, 5.41) is 3.02. The highest BCUT2D eigenvalue weighted by Gasteiger charge is 2.04. The quantitative estimate of drug-likeness (QED) is 0.894. The summed E-state index contributed by atoms with van der Waals surface area (Å²) in [7, 11) is 1.53. The molecule has 0 amide bonds. The van der Waals surface area contributed by atoms with E-state index < -0.39 is 0 Å². The smallest absolute Gasteiger partial charge is 0.125 e. The van der Waals surface area contributed by atoms with Gasteiger partial charge in [0.1, 0.15) is 17.4 Å². The zero-order chi connectivity index (χ0) is 13.0. The van der Waals surface area contributed by atoms with Gasteiger partial charge in [0.2, 0.25) is 0 Å². The third-order valence-corrected chi connectivity index (χ3v) is 2.55. The fourth-order valence-corrected chi connectivity index (χ4v) is 1.68. The summed E-state index contributed by atoms with van der Waals surface area (Å²) in [4.78, 5) is 0. The van der Waals surface area contributed by atoms with Crippen LogP contribution >= 0.6 is 0 Å². The molecule has 2 rings (SSSR count). The number of hydrogen-bond acceptors (Lipinski definition) is 2. The first kappa shape index (κ1) is 12.4. The third-order valence-electron chi connectivity index (χ3n) is 2.55. The second kappa shape index (κ2) is 5.49. The van der Waals surface area contributed by atoms with Gasteiger partial charge in [0.25, 0.3) is 0 Å². The lowest BCUT2D eigenvalue weighted by Gasteiger charge is -2.10. The number of benzene rings is 2. The van der Waals surface area contributed by atoms with Gasteiger partial charge in [-0.25, -0.2) is 8.78 Å². The first-order valence-corrected chi connectivity index (χ1v) is 5.51. The van der Waals surface area contributed by atoms with Crippen molar-refractivity contribution in [1.29, 1.82) is 0 Å². The van der Waals surface area contributed by atoms with E-state index in [1.807, 2.05) is 0 Å². The Morgan fingerprint density at radius 3 is 2.56 bits per heavy atom. The van der Waals surface area contributed by atoms with E-state index in [4.69, 9.17) is 4.74 Å². The van der Waals surface area contributed by atoms with Gasteiger partial charge in [0.05, 0.1) is 7.11 Å². The van der Waals surface area contributed by atoms with E-state index >= 15 is 0 Å². The molecule has 18 heavy (non-hydrogen) atoms. The molecule has 0 aliphatic heterocycles. The molecule has 0 aliphatic rings. The normalized spacial score (nSPS) is 10.2. The van der Waals surface area contributed by atoms with Crippen molar-refractivity contribution in [2.24, 2.45) is 0 Å². The van der Waals surface area contributed by atoms with Crippen molar-refractivity contribution in [3.05, 3.63) is 59.7 Å². The maximum absolute atomic E-state index is 13.1. The van der Waals surface area contributed by atoms with Gasteiger partial charge in [0, 0.05) is 17.8 Å². The molecule has 0 heterocycles. The maximum atomic E-state index is 13.1. The average molecular weight is 249 g/mol. The first-order chi connectivity index (χ1) is 8.69. The van der Waals surface area contributed by atoms with Gasteiger partial charge in [-0.05, 0) is 36.4 Å². The molecule has 2 aromatic rings. The second-order valence-corrected chi connectivity index (χ2v) is 3.82. The highest BCUT2D eigenvalue weighted by Crippen LogP contribution is 2.20. The molecule has 0 aromatic heterocycles. The topological polar surface area (TPSA) is 21.3 Å². The van der Waals surface area contributed by atoms with Gasteiger partial charge in [-0.15, -0.1) is 0 Å². The fourth-order valence-electron chi connectivity index (χ4n) is 1.68. The van der Waals surface area contributed by atoms with Crippen LogP contribution in [0.3, 0.4) is 0 Å². The minimum atomic E-state index is -0.327. The Bertz CT molecular complexity index is 543. The van der Waals surface area contributed by atoms with Crippen LogP contribution in [0.1, 0.15) is 5.56 Å². The molecule has 0 spiro atoms. The largest absolute Gasteiger partial charge is 0.496 e. The van der Waals surface area contributed by atoms with E-state index in [1.165, 1.54) is 31.4 Å². The summed E-state index contributed by atoms with van der Waals surface area (Å²) >= 11 is 0. The molecule has 0 fully saturated rings. The number of ether oxygens (including phenoxy) is 1. The van der Waals surface area contributed by atoms with Gasteiger partial charge in [-0.3, -0.25) is 0 Å². The lowest BCUT2D eigenvalue weighted by atomic mass is 10.2. The van der Waals surface area contributed by atoms with Crippen molar-refractivity contribution in [3.63, 3.8) is 0 Å². The summed E-state index contributed by atoms with van der Waals surface area (Å²) in [5.74, 6) is -0.0432. The lowest BCUT2D eigenvalue weighted by Crippen LogP contribution is -2.02. The van der Waals surface area contributed by atoms with Gasteiger partial charge in [-0.2, -0.15) is 0 Å². The Balaban J connectivity index is 2.12. The van der Waals surface area contributed by atoms with E-state index in [1.54, 1.807) is 18.2 Å². The number of nitrogens with one attached hydrogen (secondary N) is 1. The highest BCUT2D eigenvalue weighted by molar-refractivity contribution is 5.45. The Hall–Kier alpha value is -2.10. The molecular weight excluding hydrogens is 236 g/mol. The minimum absolute atomic E-state index is 0.314. The number of anilines is 1. The number of halogens is 2. The average Bonchev–Trinajstić information content (AvgIpc) is 2.37. The van der Waals surface area contributed by atoms with E-state index in [0.29, 0.717) is 23.5 Å². The van der Waals surface area contributed by atoms with Crippen LogP contribution in [-0.2, 0) is 6.54 Å². The zero-order valence-corrected chi connectivity index (χ0v) is 9.91. The van der Waals surface area contributed by atoms with E-state index in [9.17, 15) is 8.78 Å². The van der Waals surface area contributed by atoms with Crippen LogP contribution in [0.15, 0.2) is 42.5 Å². The van der Waals surface area contributed by atoms with Gasteiger partial charge >= 0.3 is 0 Å². The zero-order valence-electron chi connectivity index (χ0n) is 9.91. The summed E-state index contributed by atoms with van der Waals surface area (Å²) in [6.45, 7) is 0.365. The summed E-state index contributed by atoms with van der Waals surface area (Å²) in [5.41, 5.74) is 1.32. The van der Waals surface area contributed by atoms with Crippen LogP contribution in [0.4, 0.5) is 14.5 Å². The van der Waals surface area contributed by atoms with Crippen LogP contribution in [0.5, 0.6) is 5.75 Å². The summed E-state index contributed by atoms with van der Waals surface area (Å²) < 4.78 is 31.2. The van der Waals surface area contributed by atoms with E-state index in [-0.39, 0.29) is 11.6 Å². The van der Waals surface area contributed by atoms with Crippen LogP contribution in [-0.4, -0.2) is 7.11 Å². The monoisotopic (exact) mass is 249 g/mol. The van der Waals surface area contributed by atoms with Crippen molar-refractivity contribution < 1.29 is 13.5 Å². The molecule has 0 bridgehead atoms. The Morgan fingerprint density at radius 2 is 1.83 bits per heavy atom. The molecule has 4 heteroatoms. The third kappa shape index (κ3) is 2.97. The molecule has 2 nitrogen and oxygen atoms in total. The predicted molar refractivity (Wildman–Crippen MR) is 66.7 cm³/mol. The standard InChI is InChI=1S/C14H13F2NO/c1-18-14-6-5-12(16)7-10(14)9-17-13-4-2-3-11(15)8-13/h2-8,17H,9H2,1H3. The molecule has 0 radical (unpaired) electrons. The van der Waals surface area contributed by atoms with E-state index in [0.717, 1.165) is 0 Å². The Labute approximate surface area is 104 Å². The van der Waals surface area contributed by atoms with Gasteiger partial charge in [-0.1, -0.05) is 6.07 Å². The van der Waals surface area contributed by atoms with Crippen LogP contribution in [0.25, 0.3) is 0 Å². The highest BCUT2D eigenvalue weighted by atomic mass is 19.1. The molecule has 94 valence electrons. The molecular formula is C14H13F2NO. The Kier molecular flexibility index (Phi) is 3.77. The second-order valence-electron chi connectivity index (χ2n) is 3.82. The maximum Gasteiger partial charge on any atom is 0.125 e. The van der Waals surface area contributed by atoms with Crippen molar-refractivity contribution in [1.82, 2.24) is 0 Å². The van der Waals surface area contributed by atoms with Crippen LogP contribution < -0.4 is 10.1 Å². The van der Waals surface area contributed by atoms with Crippen molar-refractivity contribution in [3.8, 4) is 5.75 Å². The summed E-state index contributed by atoms with van der Waals surface area (Å²) in [6.07, 6.45) is 0. The van der Waals surface area contributed by atoms with Crippen molar-refractivity contribution in [2.75, 3.05) is 12.4 Å².